The third-order valence-electron chi connectivity index (χ3n) is 8.52. The van der Waals surface area contributed by atoms with E-state index < -0.39 is 13.9 Å². The number of ether oxygens (including phenoxy) is 2. The number of hydrogen-bond donors (Lipinski definition) is 2. The van der Waals surface area contributed by atoms with Gasteiger partial charge in [0.15, 0.2) is 0 Å². The zero-order valence-electron chi connectivity index (χ0n) is 30.3. The molecule has 2 unspecified atom stereocenters. The molecule has 0 aliphatic rings. The Morgan fingerprint density at radius 1 is 0.565 bits per heavy atom. The zero-order valence-corrected chi connectivity index (χ0v) is 31.2. The molecule has 0 saturated carbocycles. The van der Waals surface area contributed by atoms with Gasteiger partial charge in [0, 0.05) is 19.6 Å². The van der Waals surface area contributed by atoms with Crippen LogP contribution in [0.1, 0.15) is 194 Å². The lowest BCUT2D eigenvalue weighted by Crippen LogP contribution is -2.28. The molecule has 0 amide bonds. The molecule has 0 spiro atoms. The Morgan fingerprint density at radius 2 is 0.957 bits per heavy atom. The summed E-state index contributed by atoms with van der Waals surface area (Å²) < 4.78 is 32.9. The van der Waals surface area contributed by atoms with Crippen LogP contribution < -0.4 is 5.73 Å². The highest BCUT2D eigenvalue weighted by Gasteiger charge is 2.25. The van der Waals surface area contributed by atoms with Crippen LogP contribution in [0.25, 0.3) is 0 Å². The standard InChI is InChI=1S/C37H76NO7P/c1-3-5-7-8-9-10-11-12-13-14-15-16-17-18-19-20-21-22-23-24-25-26-27-29-32-42-34-36(45-37(39)30-28-6-4-2)35-44-46(40,41)43-33-31-38/h36H,3-35,38H2,1-2H3,(H,40,41). The largest absolute Gasteiger partial charge is 0.472 e. The number of rotatable bonds is 38. The smallest absolute Gasteiger partial charge is 0.457 e. The van der Waals surface area contributed by atoms with Gasteiger partial charge in [0.05, 0.1) is 19.8 Å². The second kappa shape index (κ2) is 35.8. The second-order valence-electron chi connectivity index (χ2n) is 13.2. The molecule has 9 heteroatoms. The zero-order chi connectivity index (χ0) is 33.8. The summed E-state index contributed by atoms with van der Waals surface area (Å²) in [5, 5.41) is 0. The van der Waals surface area contributed by atoms with Crippen LogP contribution in [-0.2, 0) is 27.9 Å². The van der Waals surface area contributed by atoms with Gasteiger partial charge in [0.2, 0.25) is 0 Å². The van der Waals surface area contributed by atoms with Crippen molar-refractivity contribution in [3.63, 3.8) is 0 Å². The van der Waals surface area contributed by atoms with E-state index in [2.05, 4.69) is 13.8 Å². The van der Waals surface area contributed by atoms with Crippen molar-refractivity contribution in [1.29, 1.82) is 0 Å². The van der Waals surface area contributed by atoms with E-state index in [1.165, 1.54) is 141 Å². The van der Waals surface area contributed by atoms with Crippen molar-refractivity contribution in [1.82, 2.24) is 0 Å². The molecular weight excluding hydrogens is 601 g/mol. The fraction of sp³-hybridized carbons (Fsp3) is 0.973. The molecule has 0 fully saturated rings. The van der Waals surface area contributed by atoms with Crippen LogP contribution >= 0.6 is 7.82 Å². The number of unbranched alkanes of at least 4 members (excludes halogenated alkanes) is 25. The maximum Gasteiger partial charge on any atom is 0.472 e. The highest BCUT2D eigenvalue weighted by atomic mass is 31.2. The highest BCUT2D eigenvalue weighted by molar-refractivity contribution is 7.47. The summed E-state index contributed by atoms with van der Waals surface area (Å²) in [5.41, 5.74) is 5.31. The molecule has 3 N–H and O–H groups in total. The summed E-state index contributed by atoms with van der Waals surface area (Å²) in [5.74, 6) is -0.351. The number of phosphoric ester groups is 1. The minimum Gasteiger partial charge on any atom is -0.457 e. The minimum atomic E-state index is -4.24. The lowest BCUT2D eigenvalue weighted by Gasteiger charge is -2.20. The predicted molar refractivity (Wildman–Crippen MR) is 192 cm³/mol. The van der Waals surface area contributed by atoms with Gasteiger partial charge in [0.25, 0.3) is 0 Å². The van der Waals surface area contributed by atoms with Crippen molar-refractivity contribution in [2.75, 3.05) is 33.0 Å². The molecule has 46 heavy (non-hydrogen) atoms. The van der Waals surface area contributed by atoms with Crippen LogP contribution in [0.3, 0.4) is 0 Å². The normalized spacial score (nSPS) is 13.6. The molecule has 0 bridgehead atoms. The Labute approximate surface area is 284 Å². The summed E-state index contributed by atoms with van der Waals surface area (Å²) in [4.78, 5) is 21.9. The van der Waals surface area contributed by atoms with Crippen LogP contribution in [-0.4, -0.2) is 49.9 Å². The van der Waals surface area contributed by atoms with E-state index in [0.717, 1.165) is 32.1 Å². The van der Waals surface area contributed by atoms with Crippen molar-refractivity contribution in [3.05, 3.63) is 0 Å². The molecule has 0 heterocycles. The molecule has 8 nitrogen and oxygen atoms in total. The van der Waals surface area contributed by atoms with E-state index in [9.17, 15) is 14.3 Å². The van der Waals surface area contributed by atoms with E-state index in [-0.39, 0.29) is 32.3 Å². The first-order valence-corrected chi connectivity index (χ1v) is 21.0. The summed E-state index contributed by atoms with van der Waals surface area (Å²) in [7, 11) is -4.24. The number of nitrogens with two attached hydrogens (primary N) is 1. The average Bonchev–Trinajstić information content (AvgIpc) is 3.04. The van der Waals surface area contributed by atoms with Gasteiger partial charge in [-0.1, -0.05) is 174 Å². The summed E-state index contributed by atoms with van der Waals surface area (Å²) in [6, 6.07) is 0. The van der Waals surface area contributed by atoms with Crippen molar-refractivity contribution < 1.29 is 32.8 Å². The molecule has 0 aliphatic heterocycles. The molecular formula is C37H76NO7P. The molecule has 0 aromatic carbocycles. The fourth-order valence-electron chi connectivity index (χ4n) is 5.64. The number of hydrogen-bond acceptors (Lipinski definition) is 7. The molecule has 276 valence electrons. The first-order chi connectivity index (χ1) is 22.4. The molecule has 0 aromatic heterocycles. The lowest BCUT2D eigenvalue weighted by molar-refractivity contribution is -0.154. The topological polar surface area (TPSA) is 117 Å². The van der Waals surface area contributed by atoms with E-state index in [1.807, 2.05) is 0 Å². The third-order valence-corrected chi connectivity index (χ3v) is 9.51. The Bertz CT molecular complexity index is 682. The Hall–Kier alpha value is -0.500. The molecule has 2 atom stereocenters. The first-order valence-electron chi connectivity index (χ1n) is 19.5. The Balaban J connectivity index is 3.62. The molecule has 0 saturated heterocycles. The maximum atomic E-state index is 12.2. The van der Waals surface area contributed by atoms with Crippen LogP contribution in [0.4, 0.5) is 0 Å². The van der Waals surface area contributed by atoms with Gasteiger partial charge in [-0.15, -0.1) is 0 Å². The number of carbonyl (C=O) groups is 1. The maximum absolute atomic E-state index is 12.2. The summed E-state index contributed by atoms with van der Waals surface area (Å²) >= 11 is 0. The second-order valence-corrected chi connectivity index (χ2v) is 14.6. The van der Waals surface area contributed by atoms with E-state index in [1.54, 1.807) is 0 Å². The Morgan fingerprint density at radius 3 is 1.37 bits per heavy atom. The highest BCUT2D eigenvalue weighted by Crippen LogP contribution is 2.43. The monoisotopic (exact) mass is 678 g/mol. The molecule has 0 radical (unpaired) electrons. The van der Waals surface area contributed by atoms with E-state index >= 15 is 0 Å². The van der Waals surface area contributed by atoms with Crippen LogP contribution in [0, 0.1) is 0 Å². The average molecular weight is 678 g/mol. The molecule has 0 aliphatic carbocycles. The number of carbonyl (C=O) groups excluding carboxylic acids is 1. The first kappa shape index (κ1) is 45.5. The van der Waals surface area contributed by atoms with Gasteiger partial charge in [-0.25, -0.2) is 4.57 Å². The van der Waals surface area contributed by atoms with Crippen LogP contribution in [0.15, 0.2) is 0 Å². The summed E-state index contributed by atoms with van der Waals surface area (Å²) in [6.07, 6.45) is 35.0. The van der Waals surface area contributed by atoms with Gasteiger partial charge in [-0.2, -0.15) is 0 Å². The Kier molecular flexibility index (Phi) is 35.4. The number of esters is 1. The van der Waals surface area contributed by atoms with Crippen LogP contribution in [0.5, 0.6) is 0 Å². The van der Waals surface area contributed by atoms with Gasteiger partial charge in [-0.05, 0) is 12.8 Å². The minimum absolute atomic E-state index is 0.0920. The molecule has 0 rings (SSSR count). The van der Waals surface area contributed by atoms with Crippen molar-refractivity contribution in [3.8, 4) is 0 Å². The van der Waals surface area contributed by atoms with Gasteiger partial charge in [-0.3, -0.25) is 13.8 Å². The van der Waals surface area contributed by atoms with Gasteiger partial charge >= 0.3 is 13.8 Å². The van der Waals surface area contributed by atoms with E-state index in [4.69, 9.17) is 24.3 Å². The van der Waals surface area contributed by atoms with Crippen molar-refractivity contribution in [2.45, 2.75) is 200 Å². The predicted octanol–water partition coefficient (Wildman–Crippen LogP) is 11.0. The lowest BCUT2D eigenvalue weighted by atomic mass is 10.0. The fourth-order valence-corrected chi connectivity index (χ4v) is 6.41. The van der Waals surface area contributed by atoms with Gasteiger partial charge in [0.1, 0.15) is 6.10 Å². The SMILES string of the molecule is CCCCCCCCCCCCCCCCCCCCCCCCCCOCC(COP(=O)(O)OCCN)OC(=O)CCCCC. The van der Waals surface area contributed by atoms with E-state index in [0.29, 0.717) is 13.0 Å². The number of phosphoric acid groups is 1. The van der Waals surface area contributed by atoms with Crippen molar-refractivity contribution in [2.24, 2.45) is 5.73 Å². The quantitative estimate of drug-likeness (QED) is 0.0377. The van der Waals surface area contributed by atoms with Crippen LogP contribution in [0.2, 0.25) is 0 Å². The van der Waals surface area contributed by atoms with Crippen molar-refractivity contribution >= 4 is 13.8 Å². The third kappa shape index (κ3) is 34.8. The molecule has 0 aromatic rings. The van der Waals surface area contributed by atoms with Gasteiger partial charge < -0.3 is 20.1 Å². The summed E-state index contributed by atoms with van der Waals surface area (Å²) in [6.45, 7) is 4.78.